The van der Waals surface area contributed by atoms with E-state index in [0.29, 0.717) is 24.8 Å². The number of hydrogen-bond acceptors (Lipinski definition) is 3. The molecule has 1 aromatic rings. The molecule has 4 nitrogen and oxygen atoms in total. The van der Waals surface area contributed by atoms with Gasteiger partial charge in [-0.25, -0.2) is 4.39 Å². The predicted octanol–water partition coefficient (Wildman–Crippen LogP) is 2.72. The molecule has 0 saturated carbocycles. The summed E-state index contributed by atoms with van der Waals surface area (Å²) in [4.78, 5) is 14.4. The molecule has 0 aliphatic carbocycles. The average Bonchev–Trinajstić information content (AvgIpc) is 3.05. The van der Waals surface area contributed by atoms with Crippen molar-refractivity contribution in [2.75, 3.05) is 20.2 Å². The molecule has 22 heavy (non-hydrogen) atoms. The van der Waals surface area contributed by atoms with E-state index in [-0.39, 0.29) is 11.7 Å². The van der Waals surface area contributed by atoms with E-state index in [0.717, 1.165) is 25.1 Å². The molecule has 1 atom stereocenters. The number of carbonyl (C=O) groups excluding carboxylic acids is 1. The zero-order valence-corrected chi connectivity index (χ0v) is 13.4. The van der Waals surface area contributed by atoms with Gasteiger partial charge in [-0.05, 0) is 45.3 Å². The number of rotatable bonds is 7. The van der Waals surface area contributed by atoms with Crippen LogP contribution in [0.1, 0.15) is 38.2 Å². The van der Waals surface area contributed by atoms with Crippen LogP contribution in [0.4, 0.5) is 4.39 Å². The number of ether oxygens (including phenoxy) is 1. The Kier molecular flexibility index (Phi) is 6.19. The van der Waals surface area contributed by atoms with Crippen LogP contribution in [0.2, 0.25) is 0 Å². The van der Waals surface area contributed by atoms with Gasteiger partial charge in [0.1, 0.15) is 11.6 Å². The lowest BCUT2D eigenvalue weighted by molar-refractivity contribution is -0.121. The summed E-state index contributed by atoms with van der Waals surface area (Å²) in [6.45, 7) is 4.84. The molecular formula is C17H25FN2O2. The van der Waals surface area contributed by atoms with Gasteiger partial charge < -0.3 is 15.0 Å². The van der Waals surface area contributed by atoms with Crippen LogP contribution in [-0.4, -0.2) is 37.0 Å². The van der Waals surface area contributed by atoms with Gasteiger partial charge in [0.2, 0.25) is 5.91 Å². The maximum Gasteiger partial charge on any atom is 0.220 e. The average molecular weight is 308 g/mol. The van der Waals surface area contributed by atoms with Gasteiger partial charge in [-0.2, -0.15) is 0 Å². The van der Waals surface area contributed by atoms with Gasteiger partial charge in [-0.3, -0.25) is 4.79 Å². The highest BCUT2D eigenvalue weighted by Crippen LogP contribution is 2.19. The van der Waals surface area contributed by atoms with Crippen LogP contribution in [-0.2, 0) is 11.3 Å². The molecule has 122 valence electrons. The zero-order chi connectivity index (χ0) is 15.9. The first-order valence-corrected chi connectivity index (χ1v) is 7.93. The number of amides is 1. The molecule has 1 aliphatic heterocycles. The molecule has 0 aromatic heterocycles. The molecule has 0 unspecified atom stereocenters. The van der Waals surface area contributed by atoms with E-state index in [2.05, 4.69) is 17.1 Å². The summed E-state index contributed by atoms with van der Waals surface area (Å²) in [6.07, 6.45) is 3.91. The Bertz CT molecular complexity index is 501. The van der Waals surface area contributed by atoms with Crippen molar-refractivity contribution >= 4 is 5.91 Å². The van der Waals surface area contributed by atoms with Crippen LogP contribution in [0, 0.1) is 5.82 Å². The van der Waals surface area contributed by atoms with Crippen LogP contribution in [0.3, 0.4) is 0 Å². The minimum Gasteiger partial charge on any atom is -0.496 e. The van der Waals surface area contributed by atoms with Gasteiger partial charge in [0.15, 0.2) is 0 Å². The second-order valence-corrected chi connectivity index (χ2v) is 5.86. The van der Waals surface area contributed by atoms with Crippen LogP contribution < -0.4 is 10.1 Å². The van der Waals surface area contributed by atoms with Gasteiger partial charge in [0.25, 0.3) is 0 Å². The molecule has 0 spiro atoms. The quantitative estimate of drug-likeness (QED) is 0.842. The molecular weight excluding hydrogens is 283 g/mol. The summed E-state index contributed by atoms with van der Waals surface area (Å²) in [6, 6.07) is 4.80. The maximum atomic E-state index is 13.1. The lowest BCUT2D eigenvalue weighted by Gasteiger charge is -2.23. The largest absolute Gasteiger partial charge is 0.496 e. The molecule has 1 amide bonds. The molecule has 0 bridgehead atoms. The van der Waals surface area contributed by atoms with Crippen molar-refractivity contribution < 1.29 is 13.9 Å². The third-order valence-corrected chi connectivity index (χ3v) is 4.28. The Hall–Kier alpha value is -1.62. The van der Waals surface area contributed by atoms with Crippen molar-refractivity contribution in [1.29, 1.82) is 0 Å². The Labute approximate surface area is 131 Å². The Morgan fingerprint density at radius 2 is 2.14 bits per heavy atom. The Morgan fingerprint density at radius 3 is 2.82 bits per heavy atom. The fraction of sp³-hybridized carbons (Fsp3) is 0.588. The predicted molar refractivity (Wildman–Crippen MR) is 84.3 cm³/mol. The first kappa shape index (κ1) is 16.7. The number of halogens is 1. The first-order chi connectivity index (χ1) is 10.6. The number of methoxy groups -OCH3 is 1. The molecule has 1 fully saturated rings. The van der Waals surface area contributed by atoms with Gasteiger partial charge >= 0.3 is 0 Å². The number of nitrogens with one attached hydrogen (secondary N) is 1. The van der Waals surface area contributed by atoms with E-state index < -0.39 is 0 Å². The normalized spacial score (nSPS) is 16.5. The summed E-state index contributed by atoms with van der Waals surface area (Å²) in [7, 11) is 1.50. The molecule has 1 saturated heterocycles. The fourth-order valence-corrected chi connectivity index (χ4v) is 2.85. The summed E-state index contributed by atoms with van der Waals surface area (Å²) in [5, 5.41) is 2.88. The number of nitrogens with zero attached hydrogens (tertiary/aromatic N) is 1. The van der Waals surface area contributed by atoms with E-state index in [4.69, 9.17) is 4.74 Å². The monoisotopic (exact) mass is 308 g/mol. The number of hydrogen-bond donors (Lipinski definition) is 1. The molecule has 2 rings (SSSR count). The summed E-state index contributed by atoms with van der Waals surface area (Å²) >= 11 is 0. The van der Waals surface area contributed by atoms with Crippen molar-refractivity contribution in [1.82, 2.24) is 10.2 Å². The number of likely N-dealkylation sites (tertiary alicyclic amines) is 1. The van der Waals surface area contributed by atoms with Gasteiger partial charge in [-0.1, -0.05) is 6.07 Å². The summed E-state index contributed by atoms with van der Waals surface area (Å²) in [5.41, 5.74) is 0.782. The summed E-state index contributed by atoms with van der Waals surface area (Å²) < 4.78 is 18.2. The third-order valence-electron chi connectivity index (χ3n) is 4.28. The standard InChI is InChI=1S/C17H25FN2O2/c1-13(20-9-3-4-10-20)5-8-17(21)19-12-14-6-7-15(18)11-16(14)22-2/h6-7,11,13H,3-5,8-10,12H2,1-2H3,(H,19,21)/t13-/m0/s1. The van der Waals surface area contributed by atoms with Crippen LogP contribution in [0.5, 0.6) is 5.75 Å². The summed E-state index contributed by atoms with van der Waals surface area (Å²) in [5.74, 6) is 0.148. The van der Waals surface area contributed by atoms with Crippen molar-refractivity contribution in [3.05, 3.63) is 29.6 Å². The van der Waals surface area contributed by atoms with Gasteiger partial charge in [0.05, 0.1) is 7.11 Å². The molecule has 1 N–H and O–H groups in total. The van der Waals surface area contributed by atoms with Crippen LogP contribution in [0.25, 0.3) is 0 Å². The SMILES string of the molecule is COc1cc(F)ccc1CNC(=O)CC[C@H](C)N1CCCC1. The van der Waals surface area contributed by atoms with Crippen molar-refractivity contribution in [2.45, 2.75) is 45.2 Å². The minimum atomic E-state index is -0.341. The van der Waals surface area contributed by atoms with E-state index >= 15 is 0 Å². The Balaban J connectivity index is 1.75. The van der Waals surface area contributed by atoms with Crippen LogP contribution >= 0.6 is 0 Å². The third kappa shape index (κ3) is 4.70. The van der Waals surface area contributed by atoms with Crippen molar-refractivity contribution in [3.8, 4) is 5.75 Å². The van der Waals surface area contributed by atoms with Crippen LogP contribution in [0.15, 0.2) is 18.2 Å². The first-order valence-electron chi connectivity index (χ1n) is 7.93. The highest BCUT2D eigenvalue weighted by Gasteiger charge is 2.18. The lowest BCUT2D eigenvalue weighted by atomic mass is 10.1. The van der Waals surface area contributed by atoms with Gasteiger partial charge in [-0.15, -0.1) is 0 Å². The molecule has 1 heterocycles. The maximum absolute atomic E-state index is 13.1. The fourth-order valence-electron chi connectivity index (χ4n) is 2.85. The second-order valence-electron chi connectivity index (χ2n) is 5.86. The highest BCUT2D eigenvalue weighted by molar-refractivity contribution is 5.75. The molecule has 0 radical (unpaired) electrons. The molecule has 1 aliphatic rings. The number of benzene rings is 1. The smallest absolute Gasteiger partial charge is 0.220 e. The highest BCUT2D eigenvalue weighted by atomic mass is 19.1. The topological polar surface area (TPSA) is 41.6 Å². The molecule has 5 heteroatoms. The number of carbonyl (C=O) groups is 1. The van der Waals surface area contributed by atoms with E-state index in [1.165, 1.54) is 32.1 Å². The van der Waals surface area contributed by atoms with Gasteiger partial charge in [0, 0.05) is 30.6 Å². The van der Waals surface area contributed by atoms with Crippen molar-refractivity contribution in [3.63, 3.8) is 0 Å². The second kappa shape index (κ2) is 8.13. The lowest BCUT2D eigenvalue weighted by Crippen LogP contribution is -2.32. The zero-order valence-electron chi connectivity index (χ0n) is 13.4. The molecule has 1 aromatic carbocycles. The van der Waals surface area contributed by atoms with Crippen molar-refractivity contribution in [2.24, 2.45) is 0 Å². The minimum absolute atomic E-state index is 0.0254. The van der Waals surface area contributed by atoms with E-state index in [1.807, 2.05) is 0 Å². The van der Waals surface area contributed by atoms with E-state index in [9.17, 15) is 9.18 Å². The van der Waals surface area contributed by atoms with E-state index in [1.54, 1.807) is 6.07 Å². The Morgan fingerprint density at radius 1 is 1.41 bits per heavy atom.